The second-order valence-electron chi connectivity index (χ2n) is 3.07. The molecule has 4 nitrogen and oxygen atoms in total. The van der Waals surface area contributed by atoms with Crippen LogP contribution in [0.15, 0.2) is 29.1 Å². The van der Waals surface area contributed by atoms with Crippen LogP contribution in [0.4, 0.5) is 5.95 Å². The highest BCUT2D eigenvalue weighted by Crippen LogP contribution is 2.08. The van der Waals surface area contributed by atoms with E-state index in [2.05, 4.69) is 10.3 Å². The SMILES string of the molecule is CC.CC.CNc1nc2ccccc2c(=O)n1C. The maximum absolute atomic E-state index is 11.8. The van der Waals surface area contributed by atoms with Crippen LogP contribution in [0, 0.1) is 0 Å². The van der Waals surface area contributed by atoms with Crippen molar-refractivity contribution in [3.8, 4) is 0 Å². The number of aromatic nitrogens is 2. The summed E-state index contributed by atoms with van der Waals surface area (Å²) >= 11 is 0. The van der Waals surface area contributed by atoms with Gasteiger partial charge in [-0.25, -0.2) is 4.98 Å². The van der Waals surface area contributed by atoms with Crippen LogP contribution in [0.2, 0.25) is 0 Å². The lowest BCUT2D eigenvalue weighted by atomic mass is 10.2. The number of fused-ring (bicyclic) bond motifs is 1. The highest BCUT2D eigenvalue weighted by atomic mass is 16.1. The Kier molecular flexibility index (Phi) is 7.43. The Morgan fingerprint density at radius 2 is 1.67 bits per heavy atom. The minimum Gasteiger partial charge on any atom is -0.359 e. The molecule has 0 saturated carbocycles. The summed E-state index contributed by atoms with van der Waals surface area (Å²) in [5.74, 6) is 0.578. The molecule has 4 heteroatoms. The fourth-order valence-electron chi connectivity index (χ4n) is 1.44. The number of benzene rings is 1. The van der Waals surface area contributed by atoms with Gasteiger partial charge in [0.05, 0.1) is 10.9 Å². The fraction of sp³-hybridized carbons (Fsp3) is 0.429. The zero-order valence-corrected chi connectivity index (χ0v) is 12.1. The van der Waals surface area contributed by atoms with E-state index in [0.29, 0.717) is 11.3 Å². The van der Waals surface area contributed by atoms with Crippen LogP contribution < -0.4 is 10.9 Å². The molecule has 0 unspecified atom stereocenters. The maximum atomic E-state index is 11.8. The first kappa shape index (κ1) is 16.2. The molecule has 1 heterocycles. The first-order valence-corrected chi connectivity index (χ1v) is 6.37. The number of anilines is 1. The minimum absolute atomic E-state index is 0.0278. The molecule has 18 heavy (non-hydrogen) atoms. The zero-order valence-electron chi connectivity index (χ0n) is 12.1. The lowest BCUT2D eigenvalue weighted by Gasteiger charge is -2.07. The molecule has 0 fully saturated rings. The summed E-state index contributed by atoms with van der Waals surface area (Å²) in [6, 6.07) is 7.32. The van der Waals surface area contributed by atoms with Crippen LogP contribution >= 0.6 is 0 Å². The molecule has 2 aromatic rings. The molecule has 0 saturated heterocycles. The van der Waals surface area contributed by atoms with E-state index >= 15 is 0 Å². The van der Waals surface area contributed by atoms with Gasteiger partial charge in [-0.05, 0) is 12.1 Å². The van der Waals surface area contributed by atoms with Gasteiger partial charge in [0.2, 0.25) is 5.95 Å². The lowest BCUT2D eigenvalue weighted by molar-refractivity contribution is 0.852. The van der Waals surface area contributed by atoms with Crippen LogP contribution in [0.1, 0.15) is 27.7 Å². The predicted octanol–water partition coefficient (Wildman–Crippen LogP) is 3.03. The number of para-hydroxylation sites is 1. The molecule has 0 amide bonds. The number of rotatable bonds is 1. The number of nitrogens with zero attached hydrogens (tertiary/aromatic N) is 2. The number of hydrogen-bond donors (Lipinski definition) is 1. The van der Waals surface area contributed by atoms with E-state index in [-0.39, 0.29) is 5.56 Å². The third-order valence-corrected chi connectivity index (χ3v) is 2.21. The third kappa shape index (κ3) is 3.32. The van der Waals surface area contributed by atoms with Crippen LogP contribution in [0.3, 0.4) is 0 Å². The van der Waals surface area contributed by atoms with Crippen LogP contribution in [-0.4, -0.2) is 16.6 Å². The maximum Gasteiger partial charge on any atom is 0.262 e. The Morgan fingerprint density at radius 1 is 1.11 bits per heavy atom. The lowest BCUT2D eigenvalue weighted by Crippen LogP contribution is -2.21. The molecule has 0 bridgehead atoms. The first-order valence-electron chi connectivity index (χ1n) is 6.37. The molecule has 1 aromatic heterocycles. The summed E-state index contributed by atoms with van der Waals surface area (Å²) in [5.41, 5.74) is 0.694. The standard InChI is InChI=1S/C10H11N3O.2C2H6/c1-11-10-12-8-6-4-3-5-7(8)9(14)13(10)2;2*1-2/h3-6H,1-2H3,(H,11,12);2*1-2H3. The summed E-state index contributed by atoms with van der Waals surface area (Å²) in [4.78, 5) is 16.1. The van der Waals surface area contributed by atoms with E-state index in [1.54, 1.807) is 20.2 Å². The molecule has 0 atom stereocenters. The summed E-state index contributed by atoms with van der Waals surface area (Å²) in [5, 5.41) is 3.53. The van der Waals surface area contributed by atoms with Crippen molar-refractivity contribution >= 4 is 16.9 Å². The van der Waals surface area contributed by atoms with Gasteiger partial charge in [0.15, 0.2) is 0 Å². The first-order chi connectivity index (χ1) is 8.74. The Hall–Kier alpha value is -1.84. The Bertz CT molecular complexity index is 532. The highest BCUT2D eigenvalue weighted by Gasteiger charge is 2.04. The Morgan fingerprint density at radius 3 is 2.22 bits per heavy atom. The summed E-state index contributed by atoms with van der Waals surface area (Å²) in [6.45, 7) is 8.00. The molecular formula is C14H23N3O. The zero-order chi connectivity index (χ0) is 14.1. The van der Waals surface area contributed by atoms with Crippen molar-refractivity contribution in [1.29, 1.82) is 0 Å². The average Bonchev–Trinajstić information content (AvgIpc) is 2.47. The normalized spacial score (nSPS) is 8.78. The van der Waals surface area contributed by atoms with Crippen molar-refractivity contribution < 1.29 is 0 Å². The summed E-state index contributed by atoms with van der Waals surface area (Å²) < 4.78 is 1.50. The molecule has 1 aromatic carbocycles. The highest BCUT2D eigenvalue weighted by molar-refractivity contribution is 5.78. The molecule has 100 valence electrons. The second kappa shape index (κ2) is 8.28. The second-order valence-corrected chi connectivity index (χ2v) is 3.07. The van der Waals surface area contributed by atoms with E-state index in [0.717, 1.165) is 5.52 Å². The van der Waals surface area contributed by atoms with Crippen LogP contribution in [-0.2, 0) is 7.05 Å². The Balaban J connectivity index is 0.000000659. The van der Waals surface area contributed by atoms with E-state index in [1.165, 1.54) is 4.57 Å². The van der Waals surface area contributed by atoms with E-state index < -0.39 is 0 Å². The molecule has 2 rings (SSSR count). The van der Waals surface area contributed by atoms with Gasteiger partial charge >= 0.3 is 0 Å². The van der Waals surface area contributed by atoms with Gasteiger partial charge in [-0.2, -0.15) is 0 Å². The van der Waals surface area contributed by atoms with E-state index in [1.807, 2.05) is 45.9 Å². The smallest absolute Gasteiger partial charge is 0.262 e. The van der Waals surface area contributed by atoms with Gasteiger partial charge in [-0.3, -0.25) is 9.36 Å². The van der Waals surface area contributed by atoms with E-state index in [9.17, 15) is 4.79 Å². The molecular weight excluding hydrogens is 226 g/mol. The van der Waals surface area contributed by atoms with Crippen molar-refractivity contribution in [2.75, 3.05) is 12.4 Å². The van der Waals surface area contributed by atoms with Crippen molar-refractivity contribution in [2.45, 2.75) is 27.7 Å². The van der Waals surface area contributed by atoms with Crippen molar-refractivity contribution in [2.24, 2.45) is 7.05 Å². The summed E-state index contributed by atoms with van der Waals surface area (Å²) in [7, 11) is 3.45. The molecule has 0 aliphatic carbocycles. The van der Waals surface area contributed by atoms with Crippen LogP contribution in [0.25, 0.3) is 10.9 Å². The van der Waals surface area contributed by atoms with E-state index in [4.69, 9.17) is 0 Å². The fourth-order valence-corrected chi connectivity index (χ4v) is 1.44. The average molecular weight is 249 g/mol. The van der Waals surface area contributed by atoms with Gasteiger partial charge in [0.25, 0.3) is 5.56 Å². The van der Waals surface area contributed by atoms with Crippen LogP contribution in [0.5, 0.6) is 0 Å². The van der Waals surface area contributed by atoms with Gasteiger partial charge in [-0.1, -0.05) is 39.8 Å². The monoisotopic (exact) mass is 249 g/mol. The number of nitrogens with one attached hydrogen (secondary N) is 1. The number of hydrogen-bond acceptors (Lipinski definition) is 3. The van der Waals surface area contributed by atoms with Crippen molar-refractivity contribution in [3.63, 3.8) is 0 Å². The largest absolute Gasteiger partial charge is 0.359 e. The third-order valence-electron chi connectivity index (χ3n) is 2.21. The van der Waals surface area contributed by atoms with Crippen molar-refractivity contribution in [1.82, 2.24) is 9.55 Å². The quantitative estimate of drug-likeness (QED) is 0.845. The molecule has 0 aliphatic rings. The van der Waals surface area contributed by atoms with Gasteiger partial charge in [0, 0.05) is 14.1 Å². The molecule has 0 radical (unpaired) electrons. The van der Waals surface area contributed by atoms with Gasteiger partial charge < -0.3 is 5.32 Å². The summed E-state index contributed by atoms with van der Waals surface area (Å²) in [6.07, 6.45) is 0. The van der Waals surface area contributed by atoms with Crippen molar-refractivity contribution in [3.05, 3.63) is 34.6 Å². The van der Waals surface area contributed by atoms with Gasteiger partial charge in [-0.15, -0.1) is 0 Å². The predicted molar refractivity (Wildman–Crippen MR) is 79.2 cm³/mol. The topological polar surface area (TPSA) is 46.9 Å². The minimum atomic E-state index is -0.0278. The molecule has 1 N–H and O–H groups in total. The Labute approximate surface area is 109 Å². The molecule has 0 aliphatic heterocycles. The van der Waals surface area contributed by atoms with Gasteiger partial charge in [0.1, 0.15) is 0 Å². The molecule has 0 spiro atoms.